The first-order valence-electron chi connectivity index (χ1n) is 6.31. The maximum Gasteiger partial charge on any atom is 0.226 e. The number of aryl methyl sites for hydroxylation is 1. The van der Waals surface area contributed by atoms with E-state index in [9.17, 15) is 9.90 Å². The van der Waals surface area contributed by atoms with Crippen molar-refractivity contribution in [2.24, 2.45) is 5.92 Å². The van der Waals surface area contributed by atoms with Crippen molar-refractivity contribution in [3.8, 4) is 0 Å². The van der Waals surface area contributed by atoms with E-state index in [0.717, 1.165) is 5.52 Å². The fourth-order valence-corrected chi connectivity index (χ4v) is 1.76. The first-order chi connectivity index (χ1) is 8.95. The summed E-state index contributed by atoms with van der Waals surface area (Å²) in [5.74, 6) is 0.440. The van der Waals surface area contributed by atoms with Gasteiger partial charge in [0.25, 0.3) is 0 Å². The van der Waals surface area contributed by atoms with E-state index in [1.165, 1.54) is 0 Å². The molecule has 102 valence electrons. The maximum absolute atomic E-state index is 11.8. The molecule has 2 aromatic rings. The lowest BCUT2D eigenvalue weighted by Gasteiger charge is -2.13. The van der Waals surface area contributed by atoms with Crippen molar-refractivity contribution in [3.05, 3.63) is 24.1 Å². The normalized spacial score (nSPS) is 12.9. The van der Waals surface area contributed by atoms with Crippen LogP contribution in [0.4, 0.5) is 5.69 Å². The second-order valence-electron chi connectivity index (χ2n) is 4.98. The number of hydrogen-bond donors (Lipinski definition) is 2. The summed E-state index contributed by atoms with van der Waals surface area (Å²) < 4.78 is 5.40. The zero-order valence-electron chi connectivity index (χ0n) is 11.3. The van der Waals surface area contributed by atoms with Crippen LogP contribution in [0.1, 0.15) is 26.2 Å². The number of oxazole rings is 1. The van der Waals surface area contributed by atoms with Crippen LogP contribution >= 0.6 is 0 Å². The van der Waals surface area contributed by atoms with Crippen molar-refractivity contribution in [1.29, 1.82) is 0 Å². The first-order valence-corrected chi connectivity index (χ1v) is 6.31. The lowest BCUT2D eigenvalue weighted by atomic mass is 10.0. The Morgan fingerprint density at radius 2 is 2.21 bits per heavy atom. The Morgan fingerprint density at radius 3 is 2.89 bits per heavy atom. The summed E-state index contributed by atoms with van der Waals surface area (Å²) in [4.78, 5) is 15.9. The minimum absolute atomic E-state index is 0.0603. The van der Waals surface area contributed by atoms with Gasteiger partial charge in [-0.3, -0.25) is 4.79 Å². The monoisotopic (exact) mass is 262 g/mol. The summed E-state index contributed by atoms with van der Waals surface area (Å²) in [5, 5.41) is 12.4. The largest absolute Gasteiger partial charge is 0.441 e. The summed E-state index contributed by atoms with van der Waals surface area (Å²) in [6, 6.07) is 5.29. The quantitative estimate of drug-likeness (QED) is 0.887. The number of fused-ring (bicyclic) bond motifs is 1. The van der Waals surface area contributed by atoms with Gasteiger partial charge in [-0.2, -0.15) is 0 Å². The number of benzene rings is 1. The van der Waals surface area contributed by atoms with E-state index in [0.29, 0.717) is 17.2 Å². The summed E-state index contributed by atoms with van der Waals surface area (Å²) in [6.45, 7) is 5.53. The van der Waals surface area contributed by atoms with Crippen LogP contribution in [-0.4, -0.2) is 22.1 Å². The number of aromatic nitrogens is 1. The Morgan fingerprint density at radius 1 is 1.47 bits per heavy atom. The highest BCUT2D eigenvalue weighted by molar-refractivity contribution is 5.92. The lowest BCUT2D eigenvalue weighted by Crippen LogP contribution is -2.23. The number of nitrogens with zero attached hydrogens (tertiary/aromatic N) is 1. The molecule has 1 unspecified atom stereocenters. The van der Waals surface area contributed by atoms with Crippen LogP contribution < -0.4 is 5.32 Å². The predicted octanol–water partition coefficient (Wildman–Crippen LogP) is 2.48. The van der Waals surface area contributed by atoms with Gasteiger partial charge in [-0.05, 0) is 18.1 Å². The number of amides is 1. The number of aliphatic hydroxyl groups is 1. The van der Waals surface area contributed by atoms with Crippen LogP contribution in [-0.2, 0) is 4.79 Å². The highest BCUT2D eigenvalue weighted by atomic mass is 16.3. The van der Waals surface area contributed by atoms with Crippen LogP contribution in [0.5, 0.6) is 0 Å². The van der Waals surface area contributed by atoms with E-state index in [2.05, 4.69) is 10.3 Å². The summed E-state index contributed by atoms with van der Waals surface area (Å²) >= 11 is 0. The van der Waals surface area contributed by atoms with Crippen molar-refractivity contribution in [3.63, 3.8) is 0 Å². The molecule has 0 radical (unpaired) electrons. The van der Waals surface area contributed by atoms with Crippen molar-refractivity contribution in [2.45, 2.75) is 33.3 Å². The van der Waals surface area contributed by atoms with Crippen LogP contribution in [0.25, 0.3) is 11.1 Å². The minimum atomic E-state index is -0.628. The molecule has 0 saturated heterocycles. The molecule has 2 N–H and O–H groups in total. The van der Waals surface area contributed by atoms with E-state index >= 15 is 0 Å². The third-order valence-electron chi connectivity index (χ3n) is 2.94. The molecule has 1 aromatic carbocycles. The molecule has 1 heterocycles. The first kappa shape index (κ1) is 13.5. The van der Waals surface area contributed by atoms with Gasteiger partial charge >= 0.3 is 0 Å². The zero-order chi connectivity index (χ0) is 14.0. The van der Waals surface area contributed by atoms with E-state index < -0.39 is 6.10 Å². The number of anilines is 1. The number of hydrogen-bond acceptors (Lipinski definition) is 4. The fourth-order valence-electron chi connectivity index (χ4n) is 1.76. The molecule has 1 aromatic heterocycles. The molecule has 0 fully saturated rings. The molecule has 0 aliphatic rings. The van der Waals surface area contributed by atoms with Gasteiger partial charge < -0.3 is 14.8 Å². The second kappa shape index (κ2) is 5.40. The third kappa shape index (κ3) is 3.32. The Bertz CT molecular complexity index is 589. The number of carbonyl (C=O) groups is 1. The zero-order valence-corrected chi connectivity index (χ0v) is 11.3. The van der Waals surface area contributed by atoms with Gasteiger partial charge in [0.05, 0.1) is 12.5 Å². The van der Waals surface area contributed by atoms with Gasteiger partial charge in [-0.1, -0.05) is 13.8 Å². The van der Waals surface area contributed by atoms with Gasteiger partial charge in [0.2, 0.25) is 5.91 Å². The maximum atomic E-state index is 11.8. The molecule has 0 bridgehead atoms. The molecule has 1 atom stereocenters. The minimum Gasteiger partial charge on any atom is -0.441 e. The summed E-state index contributed by atoms with van der Waals surface area (Å²) in [5.41, 5.74) is 2.04. The summed E-state index contributed by atoms with van der Waals surface area (Å²) in [6.07, 6.45) is -0.540. The summed E-state index contributed by atoms with van der Waals surface area (Å²) in [7, 11) is 0. The third-order valence-corrected chi connectivity index (χ3v) is 2.94. The molecule has 5 nitrogen and oxygen atoms in total. The molecule has 0 saturated carbocycles. The Balaban J connectivity index is 2.06. The highest BCUT2D eigenvalue weighted by Gasteiger charge is 2.14. The van der Waals surface area contributed by atoms with Gasteiger partial charge in [0.1, 0.15) is 5.52 Å². The predicted molar refractivity (Wildman–Crippen MR) is 72.8 cm³/mol. The van der Waals surface area contributed by atoms with Gasteiger partial charge in [-0.15, -0.1) is 0 Å². The van der Waals surface area contributed by atoms with Crippen LogP contribution in [0.15, 0.2) is 22.6 Å². The standard InChI is InChI=1S/C14H18N2O3/c1-8(2)12(17)7-14(18)16-10-4-5-11-13(6-10)19-9(3)15-11/h4-6,8,12,17H,7H2,1-3H3,(H,16,18). The number of aliphatic hydroxyl groups excluding tert-OH is 1. The van der Waals surface area contributed by atoms with Crippen LogP contribution in [0.3, 0.4) is 0 Å². The SMILES string of the molecule is Cc1nc2ccc(NC(=O)CC(O)C(C)C)cc2o1. The molecule has 19 heavy (non-hydrogen) atoms. The highest BCUT2D eigenvalue weighted by Crippen LogP contribution is 2.20. The van der Waals surface area contributed by atoms with Crippen molar-refractivity contribution >= 4 is 22.7 Å². The molecule has 2 rings (SSSR count). The van der Waals surface area contributed by atoms with Gasteiger partial charge in [0.15, 0.2) is 11.5 Å². The number of nitrogens with one attached hydrogen (secondary N) is 1. The average molecular weight is 262 g/mol. The lowest BCUT2D eigenvalue weighted by molar-refractivity contribution is -0.118. The molecule has 0 aliphatic heterocycles. The van der Waals surface area contributed by atoms with E-state index in [1.54, 1.807) is 25.1 Å². The van der Waals surface area contributed by atoms with Crippen molar-refractivity contribution in [2.75, 3.05) is 5.32 Å². The molecule has 1 amide bonds. The molecular formula is C14H18N2O3. The second-order valence-corrected chi connectivity index (χ2v) is 4.98. The number of carbonyl (C=O) groups excluding carboxylic acids is 1. The average Bonchev–Trinajstić information content (AvgIpc) is 2.68. The Hall–Kier alpha value is -1.88. The number of rotatable bonds is 4. The van der Waals surface area contributed by atoms with Gasteiger partial charge in [-0.25, -0.2) is 4.98 Å². The van der Waals surface area contributed by atoms with E-state index in [1.807, 2.05) is 13.8 Å². The van der Waals surface area contributed by atoms with Crippen LogP contribution in [0.2, 0.25) is 0 Å². The fraction of sp³-hybridized carbons (Fsp3) is 0.429. The van der Waals surface area contributed by atoms with E-state index in [4.69, 9.17) is 4.42 Å². The van der Waals surface area contributed by atoms with Crippen molar-refractivity contribution < 1.29 is 14.3 Å². The Labute approximate surface area is 111 Å². The molecule has 0 spiro atoms. The molecular weight excluding hydrogens is 244 g/mol. The molecule has 5 heteroatoms. The molecule has 0 aliphatic carbocycles. The van der Waals surface area contributed by atoms with E-state index in [-0.39, 0.29) is 18.2 Å². The van der Waals surface area contributed by atoms with Gasteiger partial charge in [0, 0.05) is 18.7 Å². The topological polar surface area (TPSA) is 75.4 Å². The van der Waals surface area contributed by atoms with Crippen LogP contribution in [0, 0.1) is 12.8 Å². The Kier molecular flexibility index (Phi) is 3.85. The smallest absolute Gasteiger partial charge is 0.226 e. The van der Waals surface area contributed by atoms with Crippen molar-refractivity contribution in [1.82, 2.24) is 4.98 Å².